The van der Waals surface area contributed by atoms with E-state index in [4.69, 9.17) is 4.74 Å². The molecule has 0 aliphatic heterocycles. The van der Waals surface area contributed by atoms with E-state index in [2.05, 4.69) is 11.1 Å². The maximum absolute atomic E-state index is 13.8. The first-order chi connectivity index (χ1) is 13.5. The van der Waals surface area contributed by atoms with Gasteiger partial charge in [0.15, 0.2) is 16.7 Å². The third-order valence-electron chi connectivity index (χ3n) is 4.27. The zero-order valence-corrected chi connectivity index (χ0v) is 16.9. The van der Waals surface area contributed by atoms with E-state index < -0.39 is 5.82 Å². The van der Waals surface area contributed by atoms with Crippen LogP contribution in [0, 0.1) is 12.7 Å². The molecule has 5 nitrogen and oxygen atoms in total. The van der Waals surface area contributed by atoms with Crippen molar-refractivity contribution in [3.05, 3.63) is 71.8 Å². The Morgan fingerprint density at radius 2 is 2.11 bits per heavy atom. The highest BCUT2D eigenvalue weighted by Crippen LogP contribution is 2.22. The smallest absolute Gasteiger partial charge is 0.233 e. The normalized spacial score (nSPS) is 10.7. The van der Waals surface area contributed by atoms with Gasteiger partial charge in [0.05, 0.1) is 12.9 Å². The summed E-state index contributed by atoms with van der Waals surface area (Å²) in [6.07, 6.45) is 3.60. The van der Waals surface area contributed by atoms with Gasteiger partial charge in [-0.1, -0.05) is 30.0 Å². The number of ether oxygens (including phenoxy) is 1. The van der Waals surface area contributed by atoms with Crippen molar-refractivity contribution in [3.8, 4) is 11.4 Å². The van der Waals surface area contributed by atoms with Crippen LogP contribution in [0.5, 0.6) is 5.75 Å². The number of rotatable bonds is 7. The standard InChI is InChI=1S/C21H22FN3O2S/c1-15-5-4-6-17(11-15)25-10-9-23-21(25)28-14-20(26)24(2)13-16-7-8-19(27-3)18(22)12-16/h4-12H,13-14H2,1-3H3. The topological polar surface area (TPSA) is 47.4 Å². The summed E-state index contributed by atoms with van der Waals surface area (Å²) in [5, 5.41) is 0.753. The number of carbonyl (C=O) groups excluding carboxylic acids is 1. The second-order valence-corrected chi connectivity index (χ2v) is 7.37. The summed E-state index contributed by atoms with van der Waals surface area (Å²) in [5.74, 6) is -0.0514. The quantitative estimate of drug-likeness (QED) is 0.562. The first-order valence-corrected chi connectivity index (χ1v) is 9.76. The van der Waals surface area contributed by atoms with E-state index in [-0.39, 0.29) is 17.4 Å². The molecule has 0 saturated carbocycles. The van der Waals surface area contributed by atoms with E-state index in [1.54, 1.807) is 30.3 Å². The molecule has 7 heteroatoms. The molecule has 28 heavy (non-hydrogen) atoms. The molecule has 0 fully saturated rings. The number of methoxy groups -OCH3 is 1. The van der Waals surface area contributed by atoms with Crippen molar-refractivity contribution in [1.29, 1.82) is 0 Å². The number of nitrogens with zero attached hydrogens (tertiary/aromatic N) is 3. The number of imidazole rings is 1. The number of aryl methyl sites for hydroxylation is 1. The highest BCUT2D eigenvalue weighted by Gasteiger charge is 2.14. The molecular formula is C21H22FN3O2S. The van der Waals surface area contributed by atoms with E-state index in [0.717, 1.165) is 16.4 Å². The number of amides is 1. The van der Waals surface area contributed by atoms with Gasteiger partial charge in [-0.3, -0.25) is 9.36 Å². The van der Waals surface area contributed by atoms with Gasteiger partial charge < -0.3 is 9.64 Å². The fourth-order valence-electron chi connectivity index (χ4n) is 2.78. The lowest BCUT2D eigenvalue weighted by molar-refractivity contribution is -0.127. The molecule has 0 saturated heterocycles. The van der Waals surface area contributed by atoms with Crippen LogP contribution in [0.4, 0.5) is 4.39 Å². The Balaban J connectivity index is 1.61. The molecule has 2 aromatic carbocycles. The average Bonchev–Trinajstić information content (AvgIpc) is 3.15. The number of thioether (sulfide) groups is 1. The van der Waals surface area contributed by atoms with Crippen molar-refractivity contribution in [2.75, 3.05) is 19.9 Å². The highest BCUT2D eigenvalue weighted by molar-refractivity contribution is 7.99. The fraction of sp³-hybridized carbons (Fsp3) is 0.238. The van der Waals surface area contributed by atoms with Gasteiger partial charge in [-0.2, -0.15) is 0 Å². The van der Waals surface area contributed by atoms with Crippen LogP contribution < -0.4 is 4.74 Å². The number of benzene rings is 2. The van der Waals surface area contributed by atoms with Gasteiger partial charge in [-0.15, -0.1) is 0 Å². The van der Waals surface area contributed by atoms with Crippen LogP contribution in [0.1, 0.15) is 11.1 Å². The fourth-order valence-corrected chi connectivity index (χ4v) is 3.69. The Morgan fingerprint density at radius 1 is 1.29 bits per heavy atom. The summed E-state index contributed by atoms with van der Waals surface area (Å²) in [6, 6.07) is 12.8. The third kappa shape index (κ3) is 4.72. The van der Waals surface area contributed by atoms with E-state index in [1.807, 2.05) is 35.9 Å². The summed E-state index contributed by atoms with van der Waals surface area (Å²) in [6.45, 7) is 2.36. The van der Waals surface area contributed by atoms with Crippen LogP contribution in [0.2, 0.25) is 0 Å². The van der Waals surface area contributed by atoms with E-state index in [0.29, 0.717) is 12.1 Å². The summed E-state index contributed by atoms with van der Waals surface area (Å²) in [4.78, 5) is 18.4. The first kappa shape index (κ1) is 19.9. The number of hydrogen-bond donors (Lipinski definition) is 0. The molecule has 0 bridgehead atoms. The molecule has 1 heterocycles. The lowest BCUT2D eigenvalue weighted by Crippen LogP contribution is -2.28. The zero-order valence-electron chi connectivity index (χ0n) is 16.1. The minimum absolute atomic E-state index is 0.0555. The number of hydrogen-bond acceptors (Lipinski definition) is 4. The van der Waals surface area contributed by atoms with Crippen LogP contribution in [0.3, 0.4) is 0 Å². The van der Waals surface area contributed by atoms with Gasteiger partial charge in [0.1, 0.15) is 0 Å². The van der Waals surface area contributed by atoms with Crippen molar-refractivity contribution in [2.45, 2.75) is 18.6 Å². The van der Waals surface area contributed by atoms with Crippen molar-refractivity contribution < 1.29 is 13.9 Å². The molecule has 0 N–H and O–H groups in total. The lowest BCUT2D eigenvalue weighted by Gasteiger charge is -2.17. The van der Waals surface area contributed by atoms with Crippen molar-refractivity contribution in [1.82, 2.24) is 14.5 Å². The van der Waals surface area contributed by atoms with E-state index in [9.17, 15) is 9.18 Å². The number of halogens is 1. The molecule has 3 rings (SSSR count). The number of carbonyl (C=O) groups is 1. The van der Waals surface area contributed by atoms with Crippen LogP contribution in [-0.2, 0) is 11.3 Å². The summed E-state index contributed by atoms with van der Waals surface area (Å²) < 4.78 is 20.7. The van der Waals surface area contributed by atoms with Crippen molar-refractivity contribution in [3.63, 3.8) is 0 Å². The number of aromatic nitrogens is 2. The van der Waals surface area contributed by atoms with Gasteiger partial charge in [-0.05, 0) is 42.3 Å². The second-order valence-electron chi connectivity index (χ2n) is 6.43. The Morgan fingerprint density at radius 3 is 2.82 bits per heavy atom. The molecule has 0 unspecified atom stereocenters. The Bertz CT molecular complexity index is 974. The molecule has 1 amide bonds. The molecule has 0 atom stereocenters. The molecular weight excluding hydrogens is 377 g/mol. The lowest BCUT2D eigenvalue weighted by atomic mass is 10.2. The van der Waals surface area contributed by atoms with Crippen molar-refractivity contribution >= 4 is 17.7 Å². The average molecular weight is 399 g/mol. The largest absolute Gasteiger partial charge is 0.494 e. The minimum atomic E-state index is -0.435. The molecule has 0 aliphatic carbocycles. The minimum Gasteiger partial charge on any atom is -0.494 e. The predicted molar refractivity (Wildman–Crippen MR) is 108 cm³/mol. The Kier molecular flexibility index (Phi) is 6.36. The van der Waals surface area contributed by atoms with Gasteiger partial charge >= 0.3 is 0 Å². The van der Waals surface area contributed by atoms with Gasteiger partial charge in [-0.25, -0.2) is 9.37 Å². The molecule has 0 aliphatic rings. The van der Waals surface area contributed by atoms with Crippen molar-refractivity contribution in [2.24, 2.45) is 0 Å². The first-order valence-electron chi connectivity index (χ1n) is 8.77. The molecule has 0 spiro atoms. The monoisotopic (exact) mass is 399 g/mol. The maximum Gasteiger partial charge on any atom is 0.233 e. The van der Waals surface area contributed by atoms with Gasteiger partial charge in [0.2, 0.25) is 5.91 Å². The molecule has 3 aromatic rings. The third-order valence-corrected chi connectivity index (χ3v) is 5.22. The zero-order chi connectivity index (χ0) is 20.1. The van der Waals surface area contributed by atoms with Crippen LogP contribution >= 0.6 is 11.8 Å². The van der Waals surface area contributed by atoms with Crippen LogP contribution in [0.25, 0.3) is 5.69 Å². The SMILES string of the molecule is COc1ccc(CN(C)C(=O)CSc2nccn2-c2cccc(C)c2)cc1F. The Hall–Kier alpha value is -2.80. The highest BCUT2D eigenvalue weighted by atomic mass is 32.2. The predicted octanol–water partition coefficient (Wildman–Crippen LogP) is 4.08. The summed E-state index contributed by atoms with van der Waals surface area (Å²) >= 11 is 1.38. The molecule has 0 radical (unpaired) electrons. The molecule has 146 valence electrons. The molecule has 1 aromatic heterocycles. The maximum atomic E-state index is 13.8. The summed E-state index contributed by atoms with van der Waals surface area (Å²) in [5.41, 5.74) is 2.87. The second kappa shape index (κ2) is 8.93. The van der Waals surface area contributed by atoms with E-state index >= 15 is 0 Å². The van der Waals surface area contributed by atoms with Gasteiger partial charge in [0, 0.05) is 31.7 Å². The van der Waals surface area contributed by atoms with Crippen LogP contribution in [-0.4, -0.2) is 40.3 Å². The van der Waals surface area contributed by atoms with Crippen LogP contribution in [0.15, 0.2) is 60.0 Å². The van der Waals surface area contributed by atoms with Gasteiger partial charge in [0.25, 0.3) is 0 Å². The summed E-state index contributed by atoms with van der Waals surface area (Å²) in [7, 11) is 3.13. The Labute approximate surface area is 168 Å². The van der Waals surface area contributed by atoms with E-state index in [1.165, 1.54) is 24.9 Å².